The van der Waals surface area contributed by atoms with E-state index >= 15 is 0 Å². The highest BCUT2D eigenvalue weighted by Crippen LogP contribution is 2.31. The minimum Gasteiger partial charge on any atom is -0.369 e. The first-order valence-electron chi connectivity index (χ1n) is 8.23. The van der Waals surface area contributed by atoms with Gasteiger partial charge in [-0.15, -0.1) is 0 Å². The molecular weight excluding hydrogens is 304 g/mol. The molecule has 2 fully saturated rings. The van der Waals surface area contributed by atoms with Crippen LogP contribution in [0.5, 0.6) is 0 Å². The van der Waals surface area contributed by atoms with Crippen LogP contribution in [-0.4, -0.2) is 44.3 Å². The smallest absolute Gasteiger partial charge is 0.369 e. The fourth-order valence-electron chi connectivity index (χ4n) is 3.43. The summed E-state index contributed by atoms with van der Waals surface area (Å²) in [7, 11) is -2.43. The van der Waals surface area contributed by atoms with Gasteiger partial charge in [-0.2, -0.15) is 0 Å². The van der Waals surface area contributed by atoms with Crippen LogP contribution in [0.25, 0.3) is 0 Å². The van der Waals surface area contributed by atoms with Crippen molar-refractivity contribution in [2.75, 3.05) is 26.3 Å². The summed E-state index contributed by atoms with van der Waals surface area (Å²) in [6.07, 6.45) is 0. The van der Waals surface area contributed by atoms with Crippen molar-refractivity contribution in [2.45, 2.75) is 13.1 Å². The van der Waals surface area contributed by atoms with E-state index in [4.69, 9.17) is 8.85 Å². The molecule has 0 N–H and O–H groups in total. The van der Waals surface area contributed by atoms with Crippen LogP contribution in [0.3, 0.4) is 0 Å². The van der Waals surface area contributed by atoms with Crippen molar-refractivity contribution < 1.29 is 8.85 Å². The number of benzene rings is 2. The molecule has 0 aromatic heterocycles. The number of rotatable bonds is 4. The first kappa shape index (κ1) is 15.0. The lowest BCUT2D eigenvalue weighted by molar-refractivity contribution is 0.175. The van der Waals surface area contributed by atoms with Gasteiger partial charge in [-0.3, -0.25) is 9.13 Å². The van der Waals surface area contributed by atoms with Gasteiger partial charge in [0.25, 0.3) is 0 Å². The van der Waals surface area contributed by atoms with E-state index in [0.29, 0.717) is 0 Å². The zero-order valence-electron chi connectivity index (χ0n) is 13.2. The average molecular weight is 326 g/mol. The summed E-state index contributed by atoms with van der Waals surface area (Å²) in [6.45, 7) is 5.24. The Morgan fingerprint density at radius 1 is 0.696 bits per heavy atom. The quantitative estimate of drug-likeness (QED) is 0.806. The van der Waals surface area contributed by atoms with Gasteiger partial charge in [0.1, 0.15) is 0 Å². The molecule has 0 atom stereocenters. The summed E-state index contributed by atoms with van der Waals surface area (Å²) in [5.74, 6) is 0. The molecule has 0 aliphatic carbocycles. The van der Waals surface area contributed by atoms with Crippen LogP contribution in [0, 0.1) is 0 Å². The predicted octanol–water partition coefficient (Wildman–Crippen LogP) is 2.49. The summed E-state index contributed by atoms with van der Waals surface area (Å²) < 4.78 is 17.4. The molecular formula is C18H22N2O2Si. The highest BCUT2D eigenvalue weighted by molar-refractivity contribution is 6.62. The van der Waals surface area contributed by atoms with Gasteiger partial charge in [0, 0.05) is 26.2 Å². The van der Waals surface area contributed by atoms with E-state index in [2.05, 4.69) is 69.8 Å². The highest BCUT2D eigenvalue weighted by Gasteiger charge is 2.58. The molecule has 0 saturated carbocycles. The van der Waals surface area contributed by atoms with E-state index in [0.717, 1.165) is 39.4 Å². The molecule has 0 bridgehead atoms. The summed E-state index contributed by atoms with van der Waals surface area (Å²) in [5.41, 5.74) is 2.64. The van der Waals surface area contributed by atoms with Gasteiger partial charge in [0.2, 0.25) is 0 Å². The third-order valence-corrected chi connectivity index (χ3v) is 8.06. The Labute approximate surface area is 138 Å². The largest absolute Gasteiger partial charge is 0.523 e. The van der Waals surface area contributed by atoms with Crippen molar-refractivity contribution in [2.24, 2.45) is 0 Å². The molecule has 120 valence electrons. The number of hydrogen-bond acceptors (Lipinski definition) is 4. The van der Waals surface area contributed by atoms with Gasteiger partial charge in [-0.25, -0.2) is 0 Å². The van der Waals surface area contributed by atoms with Crippen molar-refractivity contribution in [3.63, 3.8) is 0 Å². The van der Waals surface area contributed by atoms with Crippen LogP contribution in [0.15, 0.2) is 60.7 Å². The molecule has 0 radical (unpaired) electrons. The van der Waals surface area contributed by atoms with Crippen LogP contribution in [-0.2, 0) is 21.9 Å². The maximum atomic E-state index is 6.24. The van der Waals surface area contributed by atoms with Crippen molar-refractivity contribution in [3.05, 3.63) is 71.8 Å². The predicted molar refractivity (Wildman–Crippen MR) is 91.4 cm³/mol. The Hall–Kier alpha value is -1.50. The molecule has 4 nitrogen and oxygen atoms in total. The van der Waals surface area contributed by atoms with E-state index in [-0.39, 0.29) is 0 Å². The van der Waals surface area contributed by atoms with E-state index < -0.39 is 8.88 Å². The van der Waals surface area contributed by atoms with Crippen molar-refractivity contribution in [1.82, 2.24) is 9.13 Å². The molecule has 2 aliphatic heterocycles. The number of hydrogen-bond donors (Lipinski definition) is 0. The van der Waals surface area contributed by atoms with Crippen molar-refractivity contribution >= 4 is 8.88 Å². The molecule has 5 heteroatoms. The molecule has 2 aliphatic rings. The third-order valence-electron chi connectivity index (χ3n) is 4.53. The van der Waals surface area contributed by atoms with Crippen LogP contribution in [0.1, 0.15) is 11.1 Å². The standard InChI is InChI=1S/C18H22N2O2Si/c1-3-7-17(8-4-1)15-19-11-13-21-23(19)20(12-14-22-23)16-18-9-5-2-6-10-18/h1-10H,11-16H2. The van der Waals surface area contributed by atoms with Gasteiger partial charge >= 0.3 is 8.88 Å². The maximum absolute atomic E-state index is 6.24. The molecule has 4 rings (SSSR count). The lowest BCUT2D eigenvalue weighted by Crippen LogP contribution is -2.61. The Balaban J connectivity index is 1.54. The van der Waals surface area contributed by atoms with Gasteiger partial charge in [-0.1, -0.05) is 60.7 Å². The minimum atomic E-state index is -2.43. The lowest BCUT2D eigenvalue weighted by atomic mass is 10.2. The zero-order valence-corrected chi connectivity index (χ0v) is 14.2. The highest BCUT2D eigenvalue weighted by atomic mass is 28.4. The second kappa shape index (κ2) is 6.55. The Kier molecular flexibility index (Phi) is 4.28. The fraction of sp³-hybridized carbons (Fsp3) is 0.333. The first-order chi connectivity index (χ1) is 11.4. The summed E-state index contributed by atoms with van der Waals surface area (Å²) in [4.78, 5) is 0. The molecule has 23 heavy (non-hydrogen) atoms. The summed E-state index contributed by atoms with van der Waals surface area (Å²) >= 11 is 0. The van der Waals surface area contributed by atoms with Crippen LogP contribution in [0.2, 0.25) is 0 Å². The second-order valence-corrected chi connectivity index (χ2v) is 9.00. The van der Waals surface area contributed by atoms with Crippen molar-refractivity contribution in [1.29, 1.82) is 0 Å². The molecule has 2 heterocycles. The monoisotopic (exact) mass is 326 g/mol. The molecule has 2 saturated heterocycles. The Morgan fingerprint density at radius 2 is 1.13 bits per heavy atom. The lowest BCUT2D eigenvalue weighted by Gasteiger charge is -2.34. The molecule has 0 unspecified atom stereocenters. The summed E-state index contributed by atoms with van der Waals surface area (Å²) in [6, 6.07) is 21.2. The van der Waals surface area contributed by atoms with Gasteiger partial charge in [-0.05, 0) is 11.1 Å². The average Bonchev–Trinajstić information content (AvgIpc) is 3.18. The molecule has 2 aromatic rings. The molecule has 2 aromatic carbocycles. The molecule has 1 spiro atoms. The SMILES string of the molecule is c1ccc(CN2CCO[Si]23OCCN3Cc2ccccc2)cc1. The Bertz CT molecular complexity index is 580. The third kappa shape index (κ3) is 2.98. The normalized spacial score (nSPS) is 21.2. The van der Waals surface area contributed by atoms with E-state index in [1.807, 2.05) is 0 Å². The first-order valence-corrected chi connectivity index (χ1v) is 9.94. The van der Waals surface area contributed by atoms with Gasteiger partial charge in [0.05, 0.1) is 13.2 Å². The van der Waals surface area contributed by atoms with Crippen molar-refractivity contribution in [3.8, 4) is 0 Å². The zero-order chi connectivity index (χ0) is 15.5. The maximum Gasteiger partial charge on any atom is 0.523 e. The van der Waals surface area contributed by atoms with E-state index in [1.54, 1.807) is 0 Å². The molecule has 0 amide bonds. The second-order valence-electron chi connectivity index (χ2n) is 6.06. The van der Waals surface area contributed by atoms with Gasteiger partial charge in [0.15, 0.2) is 0 Å². The minimum absolute atomic E-state index is 0.768. The number of nitrogens with zero attached hydrogens (tertiary/aromatic N) is 2. The van der Waals surface area contributed by atoms with Crippen LogP contribution >= 0.6 is 0 Å². The van der Waals surface area contributed by atoms with E-state index in [1.165, 1.54) is 11.1 Å². The summed E-state index contributed by atoms with van der Waals surface area (Å²) in [5, 5.41) is 0. The van der Waals surface area contributed by atoms with Gasteiger partial charge < -0.3 is 8.85 Å². The topological polar surface area (TPSA) is 24.9 Å². The van der Waals surface area contributed by atoms with E-state index in [9.17, 15) is 0 Å². The van der Waals surface area contributed by atoms with Crippen LogP contribution in [0.4, 0.5) is 0 Å². The Morgan fingerprint density at radius 3 is 1.57 bits per heavy atom. The fourth-order valence-corrected chi connectivity index (χ4v) is 6.87. The van der Waals surface area contributed by atoms with Crippen LogP contribution < -0.4 is 0 Å².